The van der Waals surface area contributed by atoms with E-state index in [1.165, 1.54) is 0 Å². The lowest BCUT2D eigenvalue weighted by Crippen LogP contribution is -2.59. The molecule has 4 unspecified atom stereocenters. The predicted molar refractivity (Wildman–Crippen MR) is 128 cm³/mol. The highest BCUT2D eigenvalue weighted by molar-refractivity contribution is 5.83. The van der Waals surface area contributed by atoms with Gasteiger partial charge in [0.25, 0.3) is 0 Å². The smallest absolute Gasteiger partial charge is 0.136 e. The number of rotatable bonds is 5. The predicted octanol–water partition coefficient (Wildman–Crippen LogP) is 3.81. The molecule has 4 aliphatic rings. The molecule has 33 heavy (non-hydrogen) atoms. The van der Waals surface area contributed by atoms with Crippen molar-refractivity contribution in [1.29, 1.82) is 0 Å². The Kier molecular flexibility index (Phi) is 6.88. The van der Waals surface area contributed by atoms with Gasteiger partial charge in [-0.1, -0.05) is 41.5 Å². The zero-order valence-corrected chi connectivity index (χ0v) is 21.6. The maximum absolute atomic E-state index is 13.3. The summed E-state index contributed by atoms with van der Waals surface area (Å²) in [5.41, 5.74) is -0.162. The van der Waals surface area contributed by atoms with Gasteiger partial charge in [0, 0.05) is 12.3 Å². The molecule has 0 saturated heterocycles. The fourth-order valence-corrected chi connectivity index (χ4v) is 9.23. The molecule has 0 heterocycles. The Bertz CT molecular complexity index is 738. The van der Waals surface area contributed by atoms with Crippen molar-refractivity contribution in [3.63, 3.8) is 0 Å². The van der Waals surface area contributed by atoms with E-state index in [1.807, 2.05) is 6.92 Å². The second-order valence-corrected chi connectivity index (χ2v) is 13.4. The van der Waals surface area contributed by atoms with Gasteiger partial charge in [-0.2, -0.15) is 0 Å². The third kappa shape index (κ3) is 3.93. The van der Waals surface area contributed by atoms with Crippen molar-refractivity contribution in [1.82, 2.24) is 0 Å². The van der Waals surface area contributed by atoms with Gasteiger partial charge in [0.2, 0.25) is 0 Å². The molecule has 0 aromatic rings. The summed E-state index contributed by atoms with van der Waals surface area (Å²) in [4.78, 5) is 13.3. The van der Waals surface area contributed by atoms with E-state index in [1.54, 1.807) is 0 Å². The minimum absolute atomic E-state index is 0.0158. The molecule has 5 heteroatoms. The fraction of sp³-hybridized carbons (Fsp3) is 0.964. The molecule has 0 amide bonds. The van der Waals surface area contributed by atoms with Crippen LogP contribution in [0.3, 0.4) is 0 Å². The molecule has 0 aromatic heterocycles. The van der Waals surface area contributed by atoms with Gasteiger partial charge in [-0.3, -0.25) is 4.79 Å². The normalized spacial score (nSPS) is 49.1. The molecule has 0 aromatic carbocycles. The third-order valence-corrected chi connectivity index (χ3v) is 11.7. The number of aliphatic hydroxyl groups is 4. The molecule has 0 radical (unpaired) electrons. The van der Waals surface area contributed by atoms with Gasteiger partial charge in [0.05, 0.1) is 24.4 Å². The standard InChI is InChI=1S/C28H48O5/c1-14(2)15(3)25(32)26(33)16(4)18-7-8-19-17-11-22(29)21-12-23(30)24(31)13-28(21,6)20(17)9-10-27(18,19)5/h14-21,23-26,30-33H,7-13H2,1-6H3/t15-,16+,17?,18-,19?,20?,21?,23-,24-,25-,26-,27-,28-/m1/s1. The zero-order valence-electron chi connectivity index (χ0n) is 21.6. The monoisotopic (exact) mass is 464 g/mol. The van der Waals surface area contributed by atoms with Crippen molar-refractivity contribution >= 4 is 5.78 Å². The Balaban J connectivity index is 1.56. The van der Waals surface area contributed by atoms with E-state index in [9.17, 15) is 25.2 Å². The lowest BCUT2D eigenvalue weighted by Gasteiger charge is -2.61. The van der Waals surface area contributed by atoms with Crippen molar-refractivity contribution in [2.45, 2.75) is 111 Å². The van der Waals surface area contributed by atoms with Crippen LogP contribution in [0.25, 0.3) is 0 Å². The molecular formula is C28H48O5. The number of carbonyl (C=O) groups excluding carboxylic acids is 1. The van der Waals surface area contributed by atoms with Crippen molar-refractivity contribution in [2.24, 2.45) is 58.2 Å². The topological polar surface area (TPSA) is 98.0 Å². The number of hydrogen-bond acceptors (Lipinski definition) is 5. The summed E-state index contributed by atoms with van der Waals surface area (Å²) in [7, 11) is 0. The number of hydrogen-bond donors (Lipinski definition) is 4. The Morgan fingerprint density at radius 2 is 1.52 bits per heavy atom. The number of aliphatic hydroxyl groups excluding tert-OH is 4. The Labute approximate surface area is 200 Å². The van der Waals surface area contributed by atoms with Crippen LogP contribution in [0.2, 0.25) is 0 Å². The highest BCUT2D eigenvalue weighted by atomic mass is 16.3. The Morgan fingerprint density at radius 1 is 0.879 bits per heavy atom. The first-order chi connectivity index (χ1) is 15.3. The lowest BCUT2D eigenvalue weighted by molar-refractivity contribution is -0.175. The molecule has 4 aliphatic carbocycles. The molecular weight excluding hydrogens is 416 g/mol. The summed E-state index contributed by atoms with van der Waals surface area (Å²) in [6, 6.07) is 0. The summed E-state index contributed by atoms with van der Waals surface area (Å²) in [5, 5.41) is 42.8. The van der Waals surface area contributed by atoms with Gasteiger partial charge in [0.15, 0.2) is 0 Å². The molecule has 4 fully saturated rings. The van der Waals surface area contributed by atoms with Gasteiger partial charge in [-0.05, 0) is 90.8 Å². The van der Waals surface area contributed by atoms with Crippen LogP contribution in [-0.2, 0) is 4.79 Å². The highest BCUT2D eigenvalue weighted by Crippen LogP contribution is 2.67. The lowest BCUT2D eigenvalue weighted by atomic mass is 9.44. The van der Waals surface area contributed by atoms with Gasteiger partial charge < -0.3 is 20.4 Å². The van der Waals surface area contributed by atoms with Crippen LogP contribution in [0.15, 0.2) is 0 Å². The van der Waals surface area contributed by atoms with Gasteiger partial charge in [-0.15, -0.1) is 0 Å². The fourth-order valence-electron chi connectivity index (χ4n) is 9.23. The quantitative estimate of drug-likeness (QED) is 0.496. The number of fused-ring (bicyclic) bond motifs is 5. The SMILES string of the molecule is CC(C)[C@@H](C)[C@@H](O)[C@H](O)[C@@H](C)[C@H]1CCC2C3CC(=O)C4C[C@@H](O)[C@H](O)C[C@]4(C)C3CC[C@@]21C. The van der Waals surface area contributed by atoms with Gasteiger partial charge in [-0.25, -0.2) is 0 Å². The maximum Gasteiger partial charge on any atom is 0.136 e. The molecule has 0 spiro atoms. The molecule has 4 N–H and O–H groups in total. The summed E-state index contributed by atoms with van der Waals surface area (Å²) in [6.07, 6.45) is 2.80. The molecule has 4 saturated carbocycles. The summed E-state index contributed by atoms with van der Waals surface area (Å²) < 4.78 is 0. The van der Waals surface area contributed by atoms with Crippen LogP contribution in [0, 0.1) is 58.2 Å². The first-order valence-corrected chi connectivity index (χ1v) is 13.6. The van der Waals surface area contributed by atoms with Crippen LogP contribution in [-0.4, -0.2) is 50.6 Å². The number of ketones is 1. The molecule has 4 rings (SSSR count). The number of Topliss-reactive ketones (excluding diaryl/α,β-unsaturated/α-hetero) is 1. The molecule has 13 atom stereocenters. The minimum Gasteiger partial charge on any atom is -0.390 e. The molecule has 190 valence electrons. The maximum atomic E-state index is 13.3. The summed E-state index contributed by atoms with van der Waals surface area (Å²) in [6.45, 7) is 12.9. The van der Waals surface area contributed by atoms with Crippen LogP contribution in [0.4, 0.5) is 0 Å². The second-order valence-electron chi connectivity index (χ2n) is 13.4. The molecule has 5 nitrogen and oxygen atoms in total. The largest absolute Gasteiger partial charge is 0.390 e. The average Bonchev–Trinajstić information content (AvgIpc) is 3.10. The van der Waals surface area contributed by atoms with Gasteiger partial charge in [0.1, 0.15) is 5.78 Å². The second kappa shape index (κ2) is 8.87. The van der Waals surface area contributed by atoms with Gasteiger partial charge >= 0.3 is 0 Å². The van der Waals surface area contributed by atoms with Crippen LogP contribution in [0.5, 0.6) is 0 Å². The van der Waals surface area contributed by atoms with Crippen molar-refractivity contribution < 1.29 is 25.2 Å². The zero-order chi connectivity index (χ0) is 24.5. The molecule has 0 bridgehead atoms. The van der Waals surface area contributed by atoms with E-state index in [-0.39, 0.29) is 34.4 Å². The first kappa shape index (κ1) is 25.6. The summed E-state index contributed by atoms with van der Waals surface area (Å²) >= 11 is 0. The number of carbonyl (C=O) groups is 1. The first-order valence-electron chi connectivity index (χ1n) is 13.6. The van der Waals surface area contributed by atoms with Crippen molar-refractivity contribution in [3.8, 4) is 0 Å². The van der Waals surface area contributed by atoms with Crippen molar-refractivity contribution in [3.05, 3.63) is 0 Å². The van der Waals surface area contributed by atoms with Crippen LogP contribution in [0.1, 0.15) is 86.5 Å². The van der Waals surface area contributed by atoms with E-state index in [0.717, 1.165) is 25.7 Å². The van der Waals surface area contributed by atoms with E-state index >= 15 is 0 Å². The van der Waals surface area contributed by atoms with Crippen LogP contribution < -0.4 is 0 Å². The van der Waals surface area contributed by atoms with E-state index in [0.29, 0.717) is 48.9 Å². The van der Waals surface area contributed by atoms with E-state index < -0.39 is 24.4 Å². The Hall–Kier alpha value is -0.490. The van der Waals surface area contributed by atoms with Crippen molar-refractivity contribution in [2.75, 3.05) is 0 Å². The van der Waals surface area contributed by atoms with E-state index in [4.69, 9.17) is 0 Å². The highest BCUT2D eigenvalue weighted by Gasteiger charge is 2.63. The minimum atomic E-state index is -0.782. The third-order valence-electron chi connectivity index (χ3n) is 11.7. The summed E-state index contributed by atoms with van der Waals surface area (Å²) in [5.74, 6) is 2.05. The molecule has 0 aliphatic heterocycles. The van der Waals surface area contributed by atoms with E-state index in [2.05, 4.69) is 34.6 Å². The Morgan fingerprint density at radius 3 is 2.15 bits per heavy atom. The average molecular weight is 465 g/mol. The van der Waals surface area contributed by atoms with Crippen LogP contribution >= 0.6 is 0 Å².